The van der Waals surface area contributed by atoms with Crippen molar-refractivity contribution in [3.63, 3.8) is 0 Å². The van der Waals surface area contributed by atoms with Gasteiger partial charge in [0, 0.05) is 10.9 Å². The smallest absolute Gasteiger partial charge is 0.335 e. The zero-order chi connectivity index (χ0) is 14.1. The van der Waals surface area contributed by atoms with Crippen LogP contribution in [0.3, 0.4) is 0 Å². The lowest BCUT2D eigenvalue weighted by atomic mass is 10.1. The van der Waals surface area contributed by atoms with Crippen LogP contribution in [0.25, 0.3) is 11.1 Å². The van der Waals surface area contributed by atoms with Gasteiger partial charge >= 0.3 is 5.97 Å². The molecule has 5 heteroatoms. The van der Waals surface area contributed by atoms with E-state index >= 15 is 0 Å². The standard InChI is InChI=1S/C15H10BrNO3/c16-11-4-1-9(2-5-11)7-14-17-12-6-3-10(15(18)19)8-13(12)20-14/h1-6,8H,7H2,(H,18,19). The van der Waals surface area contributed by atoms with E-state index in [9.17, 15) is 4.79 Å². The minimum absolute atomic E-state index is 0.198. The molecule has 0 atom stereocenters. The number of carboxylic acids is 1. The van der Waals surface area contributed by atoms with Gasteiger partial charge in [0.2, 0.25) is 0 Å². The number of carboxylic acid groups (broad SMARTS) is 1. The quantitative estimate of drug-likeness (QED) is 0.791. The fourth-order valence-electron chi connectivity index (χ4n) is 1.96. The molecule has 0 unspecified atom stereocenters. The highest BCUT2D eigenvalue weighted by molar-refractivity contribution is 9.10. The maximum Gasteiger partial charge on any atom is 0.335 e. The predicted molar refractivity (Wildman–Crippen MR) is 77.9 cm³/mol. The molecule has 3 rings (SSSR count). The first-order chi connectivity index (χ1) is 9.61. The van der Waals surface area contributed by atoms with E-state index in [0.717, 1.165) is 10.0 Å². The zero-order valence-corrected chi connectivity index (χ0v) is 11.9. The molecule has 4 nitrogen and oxygen atoms in total. The molecule has 20 heavy (non-hydrogen) atoms. The van der Waals surface area contributed by atoms with Gasteiger partial charge in [0.1, 0.15) is 5.52 Å². The molecule has 0 aliphatic heterocycles. The Hall–Kier alpha value is -2.14. The maximum atomic E-state index is 10.9. The highest BCUT2D eigenvalue weighted by Gasteiger charge is 2.10. The van der Waals surface area contributed by atoms with Crippen LogP contribution in [0.5, 0.6) is 0 Å². The zero-order valence-electron chi connectivity index (χ0n) is 10.3. The summed E-state index contributed by atoms with van der Waals surface area (Å²) >= 11 is 3.39. The molecule has 0 saturated carbocycles. The van der Waals surface area contributed by atoms with Crippen molar-refractivity contribution in [3.05, 3.63) is 64.0 Å². The van der Waals surface area contributed by atoms with Crippen LogP contribution in [-0.4, -0.2) is 16.1 Å². The number of aromatic carboxylic acids is 1. The molecule has 100 valence electrons. The van der Waals surface area contributed by atoms with Gasteiger partial charge in [-0.3, -0.25) is 0 Å². The van der Waals surface area contributed by atoms with Gasteiger partial charge in [-0.25, -0.2) is 9.78 Å². The number of hydrogen-bond acceptors (Lipinski definition) is 3. The molecule has 1 aromatic heterocycles. The number of aromatic nitrogens is 1. The van der Waals surface area contributed by atoms with Crippen LogP contribution >= 0.6 is 15.9 Å². The van der Waals surface area contributed by atoms with Crippen molar-refractivity contribution in [2.75, 3.05) is 0 Å². The van der Waals surface area contributed by atoms with E-state index in [4.69, 9.17) is 9.52 Å². The summed E-state index contributed by atoms with van der Waals surface area (Å²) < 4.78 is 6.63. The van der Waals surface area contributed by atoms with Crippen LogP contribution in [0.4, 0.5) is 0 Å². The van der Waals surface area contributed by atoms with Gasteiger partial charge in [-0.1, -0.05) is 28.1 Å². The van der Waals surface area contributed by atoms with Gasteiger partial charge in [0.05, 0.1) is 5.56 Å². The van der Waals surface area contributed by atoms with Crippen LogP contribution in [0, 0.1) is 0 Å². The number of benzene rings is 2. The van der Waals surface area contributed by atoms with Crippen molar-refractivity contribution < 1.29 is 14.3 Å². The fraction of sp³-hybridized carbons (Fsp3) is 0.0667. The lowest BCUT2D eigenvalue weighted by Gasteiger charge is -1.96. The molecule has 3 aromatic rings. The summed E-state index contributed by atoms with van der Waals surface area (Å²) in [6.45, 7) is 0. The number of carbonyl (C=O) groups is 1. The molecule has 2 aromatic carbocycles. The summed E-state index contributed by atoms with van der Waals surface area (Å²) in [5, 5.41) is 8.95. The minimum Gasteiger partial charge on any atom is -0.478 e. The largest absolute Gasteiger partial charge is 0.478 e. The number of halogens is 1. The van der Waals surface area contributed by atoms with Crippen molar-refractivity contribution in [2.45, 2.75) is 6.42 Å². The molecule has 0 spiro atoms. The van der Waals surface area contributed by atoms with Crippen molar-refractivity contribution in [2.24, 2.45) is 0 Å². The average molecular weight is 332 g/mol. The van der Waals surface area contributed by atoms with Crippen molar-refractivity contribution in [1.29, 1.82) is 0 Å². The average Bonchev–Trinajstić information content (AvgIpc) is 2.82. The topological polar surface area (TPSA) is 63.3 Å². The molecule has 0 aliphatic rings. The van der Waals surface area contributed by atoms with Crippen molar-refractivity contribution in [1.82, 2.24) is 4.98 Å². The van der Waals surface area contributed by atoms with E-state index in [0.29, 0.717) is 23.4 Å². The molecular formula is C15H10BrNO3. The SMILES string of the molecule is O=C(O)c1ccc2nc(Cc3ccc(Br)cc3)oc2c1. The van der Waals surface area contributed by atoms with Crippen LogP contribution < -0.4 is 0 Å². The second-order valence-corrected chi connectivity index (χ2v) is 5.31. The number of nitrogens with zero attached hydrogens (tertiary/aromatic N) is 1. The Bertz CT molecular complexity index is 777. The minimum atomic E-state index is -0.974. The lowest BCUT2D eigenvalue weighted by molar-refractivity contribution is 0.0697. The van der Waals surface area contributed by atoms with Crippen LogP contribution in [0.1, 0.15) is 21.8 Å². The van der Waals surface area contributed by atoms with Crippen LogP contribution in [0.2, 0.25) is 0 Å². The van der Waals surface area contributed by atoms with Gasteiger partial charge < -0.3 is 9.52 Å². The molecule has 0 bridgehead atoms. The number of rotatable bonds is 3. The Balaban J connectivity index is 1.92. The molecule has 0 radical (unpaired) electrons. The molecule has 0 saturated heterocycles. The second-order valence-electron chi connectivity index (χ2n) is 4.40. The van der Waals surface area contributed by atoms with Gasteiger partial charge in [-0.15, -0.1) is 0 Å². The molecule has 0 amide bonds. The normalized spacial score (nSPS) is 10.8. The third-order valence-electron chi connectivity index (χ3n) is 2.95. The highest BCUT2D eigenvalue weighted by Crippen LogP contribution is 2.20. The maximum absolute atomic E-state index is 10.9. The van der Waals surface area contributed by atoms with Gasteiger partial charge in [0.25, 0.3) is 0 Å². The first kappa shape index (κ1) is 12.9. The lowest BCUT2D eigenvalue weighted by Crippen LogP contribution is -1.94. The highest BCUT2D eigenvalue weighted by atomic mass is 79.9. The van der Waals surface area contributed by atoms with Crippen molar-refractivity contribution in [3.8, 4) is 0 Å². The molecule has 0 aliphatic carbocycles. The monoisotopic (exact) mass is 331 g/mol. The summed E-state index contributed by atoms with van der Waals surface area (Å²) in [5.41, 5.74) is 2.45. The van der Waals surface area contributed by atoms with Crippen LogP contribution in [0.15, 0.2) is 51.4 Å². The van der Waals surface area contributed by atoms with Crippen LogP contribution in [-0.2, 0) is 6.42 Å². The molecule has 1 heterocycles. The summed E-state index contributed by atoms with van der Waals surface area (Å²) in [4.78, 5) is 15.3. The Labute approximate surface area is 123 Å². The van der Waals surface area contributed by atoms with E-state index in [1.807, 2.05) is 24.3 Å². The molecule has 1 N–H and O–H groups in total. The van der Waals surface area contributed by atoms with Crippen molar-refractivity contribution >= 4 is 33.0 Å². The summed E-state index contributed by atoms with van der Waals surface area (Å²) in [6, 6.07) is 12.6. The third-order valence-corrected chi connectivity index (χ3v) is 3.48. The van der Waals surface area contributed by atoms with Gasteiger partial charge in [-0.2, -0.15) is 0 Å². The fourth-order valence-corrected chi connectivity index (χ4v) is 2.22. The van der Waals surface area contributed by atoms with E-state index in [2.05, 4.69) is 20.9 Å². The summed E-state index contributed by atoms with van der Waals surface area (Å²) in [7, 11) is 0. The Morgan fingerprint density at radius 3 is 2.65 bits per heavy atom. The van der Waals surface area contributed by atoms with E-state index in [1.54, 1.807) is 6.07 Å². The molecular weight excluding hydrogens is 322 g/mol. The van der Waals surface area contributed by atoms with Gasteiger partial charge in [-0.05, 0) is 35.9 Å². The van der Waals surface area contributed by atoms with E-state index in [-0.39, 0.29) is 5.56 Å². The predicted octanol–water partition coefficient (Wildman–Crippen LogP) is 3.88. The number of hydrogen-bond donors (Lipinski definition) is 1. The Morgan fingerprint density at radius 1 is 1.20 bits per heavy atom. The number of oxazole rings is 1. The van der Waals surface area contributed by atoms with E-state index < -0.39 is 5.97 Å². The summed E-state index contributed by atoms with van der Waals surface area (Å²) in [6.07, 6.45) is 0.574. The number of fused-ring (bicyclic) bond motifs is 1. The Morgan fingerprint density at radius 2 is 1.95 bits per heavy atom. The molecule has 0 fully saturated rings. The first-order valence-corrected chi connectivity index (χ1v) is 6.78. The third kappa shape index (κ3) is 2.58. The van der Waals surface area contributed by atoms with Gasteiger partial charge in [0.15, 0.2) is 11.5 Å². The Kier molecular flexibility index (Phi) is 3.28. The first-order valence-electron chi connectivity index (χ1n) is 5.99. The second kappa shape index (κ2) is 5.09. The van der Waals surface area contributed by atoms with E-state index in [1.165, 1.54) is 12.1 Å². The summed E-state index contributed by atoms with van der Waals surface area (Å²) in [5.74, 6) is -0.400.